The van der Waals surface area contributed by atoms with Crippen molar-refractivity contribution in [2.24, 2.45) is 17.3 Å². The van der Waals surface area contributed by atoms with Crippen molar-refractivity contribution in [3.8, 4) is 5.75 Å². The lowest BCUT2D eigenvalue weighted by atomic mass is 9.21. The Kier molecular flexibility index (Phi) is 2.51. The first-order valence-corrected chi connectivity index (χ1v) is 10.6. The molecule has 7 atom stereocenters. The molecule has 5 fully saturated rings. The molecule has 1 spiro atoms. The van der Waals surface area contributed by atoms with E-state index in [-0.39, 0.29) is 24.3 Å². The molecule has 0 aromatic heterocycles. The van der Waals surface area contributed by atoms with Crippen LogP contribution in [0.4, 0.5) is 0 Å². The Hall–Kier alpha value is -1.53. The summed E-state index contributed by atoms with van der Waals surface area (Å²) in [4.78, 5) is 12.4. The van der Waals surface area contributed by atoms with Gasteiger partial charge in [-0.05, 0) is 55.6 Å². The molecule has 1 saturated heterocycles. The lowest BCUT2D eigenvalue weighted by Gasteiger charge is -2.87. The Morgan fingerprint density at radius 2 is 1.89 bits per heavy atom. The van der Waals surface area contributed by atoms with Crippen LogP contribution in [0.25, 0.3) is 0 Å². The average Bonchev–Trinajstić information content (AvgIpc) is 3.35. The van der Waals surface area contributed by atoms with E-state index < -0.39 is 5.79 Å². The van der Waals surface area contributed by atoms with Gasteiger partial charge in [0.05, 0.1) is 11.2 Å². The van der Waals surface area contributed by atoms with Crippen molar-refractivity contribution in [2.75, 3.05) is 0 Å². The number of cyclic esters (lactones) is 1. The van der Waals surface area contributed by atoms with Crippen molar-refractivity contribution < 1.29 is 23.6 Å². The van der Waals surface area contributed by atoms with Crippen LogP contribution in [0.15, 0.2) is 18.2 Å². The summed E-state index contributed by atoms with van der Waals surface area (Å²) in [6.07, 6.45) is 3.47. The summed E-state index contributed by atoms with van der Waals surface area (Å²) in [6, 6.07) is 5.78. The normalized spacial score (nSPS) is 50.7. The SMILES string of the molecule is CC1(C)OC(=O)c2cccc([C@H]3C[C@H]3B3OC45CC6CC(C64C)[C@]5(C)O3)c2O1. The van der Waals surface area contributed by atoms with Gasteiger partial charge in [-0.15, -0.1) is 0 Å². The van der Waals surface area contributed by atoms with Gasteiger partial charge in [0.2, 0.25) is 5.79 Å². The van der Waals surface area contributed by atoms with Gasteiger partial charge in [0.1, 0.15) is 11.3 Å². The second kappa shape index (κ2) is 4.31. The second-order valence-corrected chi connectivity index (χ2v) is 10.6. The van der Waals surface area contributed by atoms with Crippen LogP contribution >= 0.6 is 0 Å². The fourth-order valence-corrected chi connectivity index (χ4v) is 7.63. The molecule has 28 heavy (non-hydrogen) atoms. The zero-order valence-corrected chi connectivity index (χ0v) is 16.8. The first-order valence-electron chi connectivity index (χ1n) is 10.6. The fraction of sp³-hybridized carbons (Fsp3) is 0.682. The number of hydrogen-bond donors (Lipinski definition) is 0. The molecule has 1 aromatic carbocycles. The molecule has 4 aliphatic carbocycles. The largest absolute Gasteiger partial charge is 0.461 e. The Balaban J connectivity index is 1.18. The zero-order valence-electron chi connectivity index (χ0n) is 16.8. The number of rotatable bonds is 2. The van der Waals surface area contributed by atoms with E-state index >= 15 is 0 Å². The highest BCUT2D eigenvalue weighted by Gasteiger charge is 2.94. The molecule has 2 aliphatic heterocycles. The maximum Gasteiger partial charge on any atom is 0.461 e. The minimum absolute atomic E-state index is 0.0518. The van der Waals surface area contributed by atoms with Crippen molar-refractivity contribution in [3.63, 3.8) is 0 Å². The molecule has 4 saturated carbocycles. The Morgan fingerprint density at radius 1 is 1.07 bits per heavy atom. The standard InChI is InChI=1S/C22H25BO5/c1-19(2)25-17-12(6-5-7-13(17)18(24)26-19)14-9-15(14)23-27-21(4)16-8-11-10-22(21,28-23)20(11,16)3/h5-7,11,14-16H,8-10H2,1-4H3/t11?,14-,15-,16?,20?,21+,22?/m1/s1. The summed E-state index contributed by atoms with van der Waals surface area (Å²) in [7, 11) is -0.141. The maximum atomic E-state index is 12.4. The van der Waals surface area contributed by atoms with Crippen LogP contribution in [-0.4, -0.2) is 30.1 Å². The van der Waals surface area contributed by atoms with Crippen LogP contribution in [0, 0.1) is 17.3 Å². The van der Waals surface area contributed by atoms with Crippen LogP contribution in [0.2, 0.25) is 5.82 Å². The van der Waals surface area contributed by atoms with E-state index in [1.807, 2.05) is 6.07 Å². The van der Waals surface area contributed by atoms with E-state index in [1.165, 1.54) is 6.42 Å². The van der Waals surface area contributed by atoms with Gasteiger partial charge >= 0.3 is 13.1 Å². The summed E-state index contributed by atoms with van der Waals surface area (Å²) in [5, 5.41) is 0. The highest BCUT2D eigenvalue weighted by Crippen LogP contribution is 2.88. The number of ether oxygens (including phenoxy) is 2. The average molecular weight is 380 g/mol. The van der Waals surface area contributed by atoms with Crippen LogP contribution in [0.1, 0.15) is 68.8 Å². The molecule has 6 aliphatic rings. The first kappa shape index (κ1) is 16.3. The van der Waals surface area contributed by atoms with Crippen molar-refractivity contribution in [1.29, 1.82) is 0 Å². The monoisotopic (exact) mass is 380 g/mol. The van der Waals surface area contributed by atoms with Gasteiger partial charge in [-0.25, -0.2) is 4.79 Å². The summed E-state index contributed by atoms with van der Waals surface area (Å²) in [5.74, 6) is 1.56. The number of benzene rings is 1. The van der Waals surface area contributed by atoms with E-state index in [0.717, 1.165) is 24.3 Å². The van der Waals surface area contributed by atoms with E-state index in [9.17, 15) is 4.79 Å². The van der Waals surface area contributed by atoms with E-state index in [2.05, 4.69) is 19.9 Å². The molecule has 4 unspecified atom stereocenters. The minimum Gasteiger partial charge on any atom is -0.452 e. The smallest absolute Gasteiger partial charge is 0.452 e. The molecule has 146 valence electrons. The van der Waals surface area contributed by atoms with Gasteiger partial charge in [0, 0.05) is 25.1 Å². The van der Waals surface area contributed by atoms with Crippen molar-refractivity contribution in [1.82, 2.24) is 0 Å². The molecule has 0 bridgehead atoms. The van der Waals surface area contributed by atoms with Gasteiger partial charge < -0.3 is 18.8 Å². The van der Waals surface area contributed by atoms with Crippen molar-refractivity contribution in [3.05, 3.63) is 29.3 Å². The molecule has 7 rings (SSSR count). The molecular formula is C22H25BO5. The molecule has 6 heteroatoms. The third-order valence-corrected chi connectivity index (χ3v) is 9.18. The zero-order chi connectivity index (χ0) is 19.3. The third-order valence-electron chi connectivity index (χ3n) is 9.18. The lowest BCUT2D eigenvalue weighted by Crippen LogP contribution is -2.92. The summed E-state index contributed by atoms with van der Waals surface area (Å²) in [5.41, 5.74) is 1.80. The number of hydrogen-bond acceptors (Lipinski definition) is 5. The highest BCUT2D eigenvalue weighted by atomic mass is 16.7. The topological polar surface area (TPSA) is 54.0 Å². The van der Waals surface area contributed by atoms with Gasteiger partial charge in [0.15, 0.2) is 0 Å². The van der Waals surface area contributed by atoms with E-state index in [4.69, 9.17) is 18.8 Å². The van der Waals surface area contributed by atoms with Crippen LogP contribution in [0.5, 0.6) is 5.75 Å². The minimum atomic E-state index is -0.939. The number of fused-ring (bicyclic) bond motifs is 2. The molecule has 5 nitrogen and oxygen atoms in total. The molecule has 0 N–H and O–H groups in total. The fourth-order valence-electron chi connectivity index (χ4n) is 7.63. The number of para-hydroxylation sites is 1. The highest BCUT2D eigenvalue weighted by molar-refractivity contribution is 6.49. The first-order chi connectivity index (χ1) is 13.2. The second-order valence-electron chi connectivity index (χ2n) is 10.6. The van der Waals surface area contributed by atoms with Crippen LogP contribution in [0.3, 0.4) is 0 Å². The van der Waals surface area contributed by atoms with Gasteiger partial charge in [-0.3, -0.25) is 0 Å². The quantitative estimate of drug-likeness (QED) is 0.575. The predicted molar refractivity (Wildman–Crippen MR) is 101 cm³/mol. The van der Waals surface area contributed by atoms with E-state index in [0.29, 0.717) is 34.4 Å². The maximum absolute atomic E-state index is 12.4. The molecule has 0 radical (unpaired) electrons. The molecule has 1 aromatic rings. The Bertz CT molecular complexity index is 960. The predicted octanol–water partition coefficient (Wildman–Crippen LogP) is 3.92. The third kappa shape index (κ3) is 1.48. The van der Waals surface area contributed by atoms with Gasteiger partial charge in [-0.1, -0.05) is 19.1 Å². The van der Waals surface area contributed by atoms with Crippen LogP contribution in [-0.2, 0) is 14.0 Å². The van der Waals surface area contributed by atoms with Crippen LogP contribution < -0.4 is 4.74 Å². The molecule has 2 heterocycles. The van der Waals surface area contributed by atoms with Crippen molar-refractivity contribution in [2.45, 2.75) is 75.7 Å². The number of carbonyl (C=O) groups is 1. The Labute approximate surface area is 165 Å². The number of esters is 1. The summed E-state index contributed by atoms with van der Waals surface area (Å²) < 4.78 is 24.7. The van der Waals surface area contributed by atoms with E-state index in [1.54, 1.807) is 19.9 Å². The van der Waals surface area contributed by atoms with Crippen molar-refractivity contribution >= 4 is 13.1 Å². The molecular weight excluding hydrogens is 355 g/mol. The van der Waals surface area contributed by atoms with Gasteiger partial charge in [-0.2, -0.15) is 0 Å². The van der Waals surface area contributed by atoms with Gasteiger partial charge in [0.25, 0.3) is 0 Å². The number of carbonyl (C=O) groups excluding carboxylic acids is 1. The lowest BCUT2D eigenvalue weighted by molar-refractivity contribution is -0.429. The summed E-state index contributed by atoms with van der Waals surface area (Å²) in [6.45, 7) is 8.24. The Morgan fingerprint density at radius 3 is 2.61 bits per heavy atom. The summed E-state index contributed by atoms with van der Waals surface area (Å²) >= 11 is 0. The molecule has 0 amide bonds.